The van der Waals surface area contributed by atoms with Crippen LogP contribution in [0.2, 0.25) is 5.02 Å². The Morgan fingerprint density at radius 3 is 2.54 bits per heavy atom. The number of hydrogen-bond acceptors (Lipinski definition) is 3. The lowest BCUT2D eigenvalue weighted by molar-refractivity contribution is -0.133. The second-order valence-corrected chi connectivity index (χ2v) is 7.24. The Balaban J connectivity index is 1.65. The van der Waals surface area contributed by atoms with Gasteiger partial charge in [0.05, 0.1) is 17.3 Å². The lowest BCUT2D eigenvalue weighted by atomic mass is 10.2. The highest BCUT2D eigenvalue weighted by Crippen LogP contribution is 2.30. The fourth-order valence-electron chi connectivity index (χ4n) is 3.24. The van der Waals surface area contributed by atoms with Crippen molar-refractivity contribution in [1.82, 2.24) is 14.7 Å². The summed E-state index contributed by atoms with van der Waals surface area (Å²) in [6.45, 7) is -0.316. The number of nitrogens with zero attached hydrogens (tertiary/aromatic N) is 2. The molecule has 1 N–H and O–H groups in total. The molecule has 1 fully saturated rings. The molecule has 3 aromatic rings. The fraction of sp³-hybridized carbons (Fsp3) is 0.250. The van der Waals surface area contributed by atoms with E-state index in [2.05, 4.69) is 5.10 Å². The van der Waals surface area contributed by atoms with Crippen molar-refractivity contribution in [2.45, 2.75) is 32.0 Å². The van der Waals surface area contributed by atoms with Crippen molar-refractivity contribution in [2.75, 3.05) is 0 Å². The first-order chi connectivity index (χ1) is 13.5. The quantitative estimate of drug-likeness (QED) is 0.714. The number of amides is 1. The highest BCUT2D eigenvalue weighted by Gasteiger charge is 2.33. The molecular weight excluding hydrogens is 385 g/mol. The number of aromatic nitrogens is 2. The van der Waals surface area contributed by atoms with Gasteiger partial charge in [-0.25, -0.2) is 9.07 Å². The monoisotopic (exact) mass is 401 g/mol. The van der Waals surface area contributed by atoms with Gasteiger partial charge in [0, 0.05) is 16.6 Å². The third-order valence-corrected chi connectivity index (χ3v) is 5.23. The summed E-state index contributed by atoms with van der Waals surface area (Å²) in [4.78, 5) is 39.3. The van der Waals surface area contributed by atoms with Crippen molar-refractivity contribution in [2.24, 2.45) is 0 Å². The minimum atomic E-state index is -0.484. The second-order valence-electron chi connectivity index (χ2n) is 6.83. The first-order valence-electron chi connectivity index (χ1n) is 8.90. The Morgan fingerprint density at radius 1 is 1.14 bits per heavy atom. The molecule has 144 valence electrons. The van der Waals surface area contributed by atoms with Crippen LogP contribution in [0.25, 0.3) is 10.8 Å². The zero-order chi connectivity index (χ0) is 19.8. The Bertz CT molecular complexity index is 1160. The fourth-order valence-corrected chi connectivity index (χ4v) is 3.47. The van der Waals surface area contributed by atoms with Crippen LogP contribution in [0.1, 0.15) is 18.4 Å². The van der Waals surface area contributed by atoms with Gasteiger partial charge in [-0.05, 0) is 37.1 Å². The molecule has 28 heavy (non-hydrogen) atoms. The lowest BCUT2D eigenvalue weighted by Crippen LogP contribution is -2.40. The predicted molar refractivity (Wildman–Crippen MR) is 104 cm³/mol. The van der Waals surface area contributed by atoms with Gasteiger partial charge in [0.15, 0.2) is 0 Å². The van der Waals surface area contributed by atoms with Gasteiger partial charge in [-0.2, -0.15) is 0 Å². The molecule has 1 saturated carbocycles. The van der Waals surface area contributed by atoms with Crippen molar-refractivity contribution in [3.05, 3.63) is 79.6 Å². The third-order valence-electron chi connectivity index (χ3n) is 4.88. The van der Waals surface area contributed by atoms with Gasteiger partial charge < -0.3 is 4.90 Å². The zero-order valence-corrected chi connectivity index (χ0v) is 15.6. The number of nitrogens with one attached hydrogen (secondary N) is 1. The number of aromatic amines is 1. The SMILES string of the molecule is O=C(Cn1[nH]c(=O)c2ccccc2c1=O)N(Cc1c(F)cccc1Cl)C1CC1. The molecule has 0 aliphatic heterocycles. The molecule has 1 aliphatic carbocycles. The number of H-pyrrole nitrogens is 1. The van der Waals surface area contributed by atoms with E-state index in [4.69, 9.17) is 11.6 Å². The van der Waals surface area contributed by atoms with Crippen LogP contribution in [0.4, 0.5) is 4.39 Å². The smallest absolute Gasteiger partial charge is 0.273 e. The van der Waals surface area contributed by atoms with Crippen molar-refractivity contribution < 1.29 is 9.18 Å². The van der Waals surface area contributed by atoms with Gasteiger partial charge in [-0.3, -0.25) is 19.5 Å². The van der Waals surface area contributed by atoms with Gasteiger partial charge in [0.2, 0.25) is 5.91 Å². The highest BCUT2D eigenvalue weighted by atomic mass is 35.5. The van der Waals surface area contributed by atoms with Gasteiger partial charge in [-0.15, -0.1) is 0 Å². The van der Waals surface area contributed by atoms with Gasteiger partial charge >= 0.3 is 0 Å². The molecule has 8 heteroatoms. The maximum absolute atomic E-state index is 14.2. The van der Waals surface area contributed by atoms with E-state index in [0.29, 0.717) is 0 Å². The third kappa shape index (κ3) is 3.45. The predicted octanol–water partition coefficient (Wildman–Crippen LogP) is 2.67. The van der Waals surface area contributed by atoms with Gasteiger partial charge in [0.25, 0.3) is 11.1 Å². The Hall–Kier alpha value is -2.93. The van der Waals surface area contributed by atoms with Crippen LogP contribution >= 0.6 is 11.6 Å². The molecule has 2 aromatic carbocycles. The Kier molecular flexibility index (Phi) is 4.77. The average molecular weight is 402 g/mol. The van der Waals surface area contributed by atoms with Crippen molar-refractivity contribution in [3.63, 3.8) is 0 Å². The minimum Gasteiger partial charge on any atom is -0.334 e. The van der Waals surface area contributed by atoms with Crippen molar-refractivity contribution in [1.29, 1.82) is 0 Å². The van der Waals surface area contributed by atoms with Crippen LogP contribution in [0.3, 0.4) is 0 Å². The zero-order valence-electron chi connectivity index (χ0n) is 14.8. The first-order valence-corrected chi connectivity index (χ1v) is 9.27. The first kappa shape index (κ1) is 18.4. The molecule has 1 heterocycles. The van der Waals surface area contributed by atoms with E-state index in [0.717, 1.165) is 17.5 Å². The highest BCUT2D eigenvalue weighted by molar-refractivity contribution is 6.31. The van der Waals surface area contributed by atoms with Gasteiger partial charge in [0.1, 0.15) is 12.4 Å². The van der Waals surface area contributed by atoms with E-state index in [1.807, 2.05) is 0 Å². The Morgan fingerprint density at radius 2 is 1.86 bits per heavy atom. The molecule has 6 nitrogen and oxygen atoms in total. The second kappa shape index (κ2) is 7.24. The molecule has 0 radical (unpaired) electrons. The normalized spacial score (nSPS) is 13.6. The van der Waals surface area contributed by atoms with E-state index >= 15 is 0 Å². The summed E-state index contributed by atoms with van der Waals surface area (Å²) in [6.07, 6.45) is 1.61. The molecule has 1 aliphatic rings. The molecule has 0 saturated heterocycles. The molecule has 1 aromatic heterocycles. The summed E-state index contributed by atoms with van der Waals surface area (Å²) in [7, 11) is 0. The van der Waals surface area contributed by atoms with Crippen LogP contribution in [0.15, 0.2) is 52.1 Å². The molecule has 0 unspecified atom stereocenters. The molecule has 4 rings (SSSR count). The summed E-state index contributed by atoms with van der Waals surface area (Å²) < 4.78 is 15.2. The van der Waals surface area contributed by atoms with Gasteiger partial charge in [-0.1, -0.05) is 29.8 Å². The van der Waals surface area contributed by atoms with E-state index in [1.165, 1.54) is 17.0 Å². The molecule has 1 amide bonds. The van der Waals surface area contributed by atoms with Crippen LogP contribution in [-0.2, 0) is 17.9 Å². The number of hydrogen-bond donors (Lipinski definition) is 1. The van der Waals surface area contributed by atoms with E-state index in [-0.39, 0.29) is 46.4 Å². The number of benzene rings is 2. The number of rotatable bonds is 5. The number of halogens is 2. The topological polar surface area (TPSA) is 75.2 Å². The lowest BCUT2D eigenvalue weighted by Gasteiger charge is -2.23. The maximum atomic E-state index is 14.2. The standard InChI is InChI=1S/C20H17ClFN3O3/c21-16-6-3-7-17(22)15(16)10-24(12-8-9-12)18(26)11-25-20(28)14-5-2-1-4-13(14)19(27)23-25/h1-7,12H,8-11H2,(H,23,27). The van der Waals surface area contributed by atoms with E-state index in [9.17, 15) is 18.8 Å². The van der Waals surface area contributed by atoms with Crippen LogP contribution < -0.4 is 11.1 Å². The minimum absolute atomic E-state index is 0.0154. The van der Waals surface area contributed by atoms with Crippen molar-refractivity contribution in [3.8, 4) is 0 Å². The summed E-state index contributed by atoms with van der Waals surface area (Å²) in [5, 5.41) is 3.21. The number of fused-ring (bicyclic) bond motifs is 1. The summed E-state index contributed by atoms with van der Waals surface area (Å²) in [5.41, 5.74) is -0.662. The van der Waals surface area contributed by atoms with Crippen molar-refractivity contribution >= 4 is 28.3 Å². The molecule has 0 bridgehead atoms. The molecule has 0 atom stereocenters. The van der Waals surface area contributed by atoms with Crippen LogP contribution in [-0.4, -0.2) is 26.6 Å². The largest absolute Gasteiger partial charge is 0.334 e. The van der Waals surface area contributed by atoms with E-state index < -0.39 is 16.9 Å². The molecular formula is C20H17ClFN3O3. The molecule has 0 spiro atoms. The number of carbonyl (C=O) groups excluding carboxylic acids is 1. The van der Waals surface area contributed by atoms with E-state index in [1.54, 1.807) is 30.3 Å². The summed E-state index contributed by atoms with van der Waals surface area (Å²) >= 11 is 6.09. The Labute approximate surface area is 164 Å². The van der Waals surface area contributed by atoms with Crippen LogP contribution in [0, 0.1) is 5.82 Å². The van der Waals surface area contributed by atoms with Crippen LogP contribution in [0.5, 0.6) is 0 Å². The maximum Gasteiger partial charge on any atom is 0.273 e. The number of carbonyl (C=O) groups is 1. The summed E-state index contributed by atoms with van der Waals surface area (Å²) in [6, 6.07) is 10.8. The summed E-state index contributed by atoms with van der Waals surface area (Å²) in [5.74, 6) is -0.864. The average Bonchev–Trinajstić information content (AvgIpc) is 3.50.